The molecule has 0 aliphatic heterocycles. The number of nitrogens with zero attached hydrogens (tertiary/aromatic N) is 2. The molecule has 0 aromatic carbocycles. The van der Waals surface area contributed by atoms with Crippen molar-refractivity contribution in [2.45, 2.75) is 6.92 Å². The van der Waals surface area contributed by atoms with Crippen molar-refractivity contribution in [1.29, 1.82) is 0 Å². The molecule has 1 aromatic heterocycles. The van der Waals surface area contributed by atoms with Gasteiger partial charge in [-0.25, -0.2) is 14.2 Å². The zero-order chi connectivity index (χ0) is 11.4. The summed E-state index contributed by atoms with van der Waals surface area (Å²) in [4.78, 5) is 24.1. The van der Waals surface area contributed by atoms with E-state index < -0.39 is 28.1 Å². The second-order valence-corrected chi connectivity index (χ2v) is 2.50. The summed E-state index contributed by atoms with van der Waals surface area (Å²) in [7, 11) is 0. The van der Waals surface area contributed by atoms with Crippen molar-refractivity contribution in [3.8, 4) is 0 Å². The van der Waals surface area contributed by atoms with Gasteiger partial charge in [-0.15, -0.1) is 0 Å². The number of esters is 1. The largest absolute Gasteiger partial charge is 0.461 e. The molecule has 0 saturated heterocycles. The van der Waals surface area contributed by atoms with Crippen molar-refractivity contribution in [2.75, 3.05) is 6.61 Å². The molecule has 0 N–H and O–H groups in total. The molecule has 0 aliphatic rings. The second-order valence-electron chi connectivity index (χ2n) is 2.50. The van der Waals surface area contributed by atoms with E-state index in [1.165, 1.54) is 0 Å². The number of halogens is 1. The number of carbonyl (C=O) groups is 1. The van der Waals surface area contributed by atoms with E-state index >= 15 is 0 Å². The lowest BCUT2D eigenvalue weighted by molar-refractivity contribution is -0.385. The Morgan fingerprint density at radius 3 is 2.93 bits per heavy atom. The van der Waals surface area contributed by atoms with E-state index in [-0.39, 0.29) is 6.61 Å². The molecule has 1 heterocycles. The van der Waals surface area contributed by atoms with Gasteiger partial charge in [-0.2, -0.15) is 0 Å². The molecular formula is C8H7FN2O4. The van der Waals surface area contributed by atoms with Gasteiger partial charge in [0.05, 0.1) is 23.8 Å². The van der Waals surface area contributed by atoms with Crippen molar-refractivity contribution in [3.63, 3.8) is 0 Å². The van der Waals surface area contributed by atoms with E-state index in [4.69, 9.17) is 0 Å². The summed E-state index contributed by atoms with van der Waals surface area (Å²) in [6.45, 7) is 1.61. The Kier molecular flexibility index (Phi) is 3.27. The summed E-state index contributed by atoms with van der Waals surface area (Å²) >= 11 is 0. The lowest BCUT2D eigenvalue weighted by atomic mass is 10.3. The minimum atomic E-state index is -0.941. The van der Waals surface area contributed by atoms with Gasteiger partial charge < -0.3 is 4.74 Å². The molecule has 0 atom stereocenters. The molecule has 0 fully saturated rings. The summed E-state index contributed by atoms with van der Waals surface area (Å²) < 4.78 is 17.2. The van der Waals surface area contributed by atoms with E-state index in [0.29, 0.717) is 6.07 Å². The van der Waals surface area contributed by atoms with E-state index in [9.17, 15) is 19.3 Å². The Bertz CT molecular complexity index is 408. The van der Waals surface area contributed by atoms with E-state index in [1.807, 2.05) is 0 Å². The first-order valence-electron chi connectivity index (χ1n) is 4.03. The first-order chi connectivity index (χ1) is 7.06. The molecule has 6 nitrogen and oxygen atoms in total. The van der Waals surface area contributed by atoms with Crippen molar-refractivity contribution in [1.82, 2.24) is 4.98 Å². The quantitative estimate of drug-likeness (QED) is 0.430. The number of pyridine rings is 1. The maximum absolute atomic E-state index is 12.6. The van der Waals surface area contributed by atoms with Gasteiger partial charge in [-0.1, -0.05) is 0 Å². The number of carbonyl (C=O) groups excluding carboxylic acids is 1. The molecular weight excluding hydrogens is 207 g/mol. The highest BCUT2D eigenvalue weighted by atomic mass is 19.1. The maximum atomic E-state index is 12.6. The molecule has 0 aliphatic carbocycles. The third-order valence-electron chi connectivity index (χ3n) is 1.50. The van der Waals surface area contributed by atoms with Gasteiger partial charge in [0, 0.05) is 0 Å². The first-order valence-corrected chi connectivity index (χ1v) is 4.03. The Morgan fingerprint density at radius 1 is 1.73 bits per heavy atom. The van der Waals surface area contributed by atoms with Crippen molar-refractivity contribution in [2.24, 2.45) is 0 Å². The fraction of sp³-hybridized carbons (Fsp3) is 0.250. The molecule has 0 spiro atoms. The lowest BCUT2D eigenvalue weighted by Crippen LogP contribution is -2.10. The van der Waals surface area contributed by atoms with Gasteiger partial charge in [0.1, 0.15) is 5.82 Å². The molecule has 15 heavy (non-hydrogen) atoms. The molecule has 1 rings (SSSR count). The predicted octanol–water partition coefficient (Wildman–Crippen LogP) is 1.31. The van der Waals surface area contributed by atoms with Crippen LogP contribution in [0.5, 0.6) is 0 Å². The summed E-state index contributed by atoms with van der Waals surface area (Å²) in [5.74, 6) is -1.82. The topological polar surface area (TPSA) is 82.3 Å². The normalized spacial score (nSPS) is 9.73. The van der Waals surface area contributed by atoms with Crippen LogP contribution in [0.2, 0.25) is 0 Å². The molecule has 0 radical (unpaired) electrons. The van der Waals surface area contributed by atoms with Gasteiger partial charge in [0.2, 0.25) is 5.69 Å². The van der Waals surface area contributed by atoms with Crippen LogP contribution in [0, 0.1) is 15.9 Å². The molecule has 0 bridgehead atoms. The molecule has 0 unspecified atom stereocenters. The number of hydrogen-bond acceptors (Lipinski definition) is 5. The number of nitro groups is 1. The van der Waals surface area contributed by atoms with Crippen LogP contribution in [0.15, 0.2) is 12.3 Å². The van der Waals surface area contributed by atoms with Crippen molar-refractivity contribution >= 4 is 11.7 Å². The predicted molar refractivity (Wildman–Crippen MR) is 46.8 cm³/mol. The van der Waals surface area contributed by atoms with Gasteiger partial charge >= 0.3 is 11.7 Å². The third-order valence-corrected chi connectivity index (χ3v) is 1.50. The first kappa shape index (κ1) is 11.0. The summed E-state index contributed by atoms with van der Waals surface area (Å²) in [6.07, 6.45) is 0.721. The van der Waals surface area contributed by atoms with Gasteiger partial charge in [0.15, 0.2) is 0 Å². The highest BCUT2D eigenvalue weighted by Crippen LogP contribution is 2.17. The van der Waals surface area contributed by atoms with E-state index in [1.54, 1.807) is 6.92 Å². The number of ether oxygens (including phenoxy) is 1. The van der Waals surface area contributed by atoms with Crippen molar-refractivity contribution < 1.29 is 18.8 Å². The van der Waals surface area contributed by atoms with Crippen LogP contribution >= 0.6 is 0 Å². The highest BCUT2D eigenvalue weighted by molar-refractivity contribution is 5.91. The summed E-state index contributed by atoms with van der Waals surface area (Å²) in [5, 5.41) is 10.5. The smallest absolute Gasteiger partial charge is 0.364 e. The van der Waals surface area contributed by atoms with Crippen LogP contribution < -0.4 is 0 Å². The van der Waals surface area contributed by atoms with Gasteiger partial charge in [-0.05, 0) is 6.92 Å². The third kappa shape index (κ3) is 2.46. The average Bonchev–Trinajstić information content (AvgIpc) is 2.17. The fourth-order valence-corrected chi connectivity index (χ4v) is 0.924. The number of aromatic nitrogens is 1. The molecule has 7 heteroatoms. The Balaban J connectivity index is 3.17. The minimum absolute atomic E-state index is 0.0645. The monoisotopic (exact) mass is 214 g/mol. The summed E-state index contributed by atoms with van der Waals surface area (Å²) in [5.41, 5.74) is -1.20. The van der Waals surface area contributed by atoms with Crippen LogP contribution in [0.25, 0.3) is 0 Å². The van der Waals surface area contributed by atoms with E-state index in [2.05, 4.69) is 9.72 Å². The summed E-state index contributed by atoms with van der Waals surface area (Å²) in [6, 6.07) is 0.624. The zero-order valence-electron chi connectivity index (χ0n) is 7.77. The standard InChI is InChI=1S/C8H7FN2O4/c1-2-15-8(12)7-6(11(13)14)3-5(9)4-10-7/h3-4H,2H2,1H3. The second kappa shape index (κ2) is 4.45. The highest BCUT2D eigenvalue weighted by Gasteiger charge is 2.23. The number of rotatable bonds is 3. The molecule has 1 aromatic rings. The molecule has 0 amide bonds. The van der Waals surface area contributed by atoms with Crippen LogP contribution in [-0.4, -0.2) is 22.5 Å². The van der Waals surface area contributed by atoms with Gasteiger partial charge in [-0.3, -0.25) is 10.1 Å². The van der Waals surface area contributed by atoms with Crippen LogP contribution in [-0.2, 0) is 4.74 Å². The molecule has 0 saturated carbocycles. The Morgan fingerprint density at radius 2 is 2.40 bits per heavy atom. The van der Waals surface area contributed by atoms with Crippen LogP contribution in [0.4, 0.5) is 10.1 Å². The zero-order valence-corrected chi connectivity index (χ0v) is 7.77. The number of hydrogen-bond donors (Lipinski definition) is 0. The SMILES string of the molecule is CCOC(=O)c1ncc(F)cc1[N+](=O)[O-]. The fourth-order valence-electron chi connectivity index (χ4n) is 0.924. The van der Waals surface area contributed by atoms with Crippen LogP contribution in [0.3, 0.4) is 0 Å². The lowest BCUT2D eigenvalue weighted by Gasteiger charge is -2.01. The maximum Gasteiger partial charge on any atom is 0.364 e. The minimum Gasteiger partial charge on any atom is -0.461 e. The van der Waals surface area contributed by atoms with Crippen LogP contribution in [0.1, 0.15) is 17.4 Å². The Hall–Kier alpha value is -2.05. The van der Waals surface area contributed by atoms with Gasteiger partial charge in [0.25, 0.3) is 0 Å². The Labute approximate surface area is 83.8 Å². The van der Waals surface area contributed by atoms with E-state index in [0.717, 1.165) is 6.20 Å². The molecule has 80 valence electrons. The average molecular weight is 214 g/mol. The van der Waals surface area contributed by atoms with Crippen molar-refractivity contribution in [3.05, 3.63) is 33.9 Å².